The summed E-state index contributed by atoms with van der Waals surface area (Å²) in [5, 5.41) is -0.561. The molecular formula is C36H36N2O4S. The van der Waals surface area contributed by atoms with E-state index in [0.29, 0.717) is 6.61 Å². The number of thioether (sulfide) groups is 1. The smallest absolute Gasteiger partial charge is 0.265 e. The maximum absolute atomic E-state index is 14.0. The van der Waals surface area contributed by atoms with E-state index in [9.17, 15) is 9.59 Å². The molecule has 4 aromatic rings. The minimum atomic E-state index is -1.27. The minimum Gasteiger partial charge on any atom is -0.489 e. The molecule has 0 saturated carbocycles. The fourth-order valence-electron chi connectivity index (χ4n) is 5.91. The van der Waals surface area contributed by atoms with Crippen LogP contribution in [-0.2, 0) is 20.9 Å². The summed E-state index contributed by atoms with van der Waals surface area (Å²) in [6.45, 7) is 6.23. The molecule has 0 N–H and O–H groups in total. The van der Waals surface area contributed by atoms with E-state index in [1.54, 1.807) is 11.8 Å². The van der Waals surface area contributed by atoms with Gasteiger partial charge in [-0.1, -0.05) is 91.0 Å². The van der Waals surface area contributed by atoms with Crippen LogP contribution in [0.3, 0.4) is 0 Å². The van der Waals surface area contributed by atoms with Crippen molar-refractivity contribution in [2.75, 3.05) is 11.9 Å². The molecule has 7 heteroatoms. The summed E-state index contributed by atoms with van der Waals surface area (Å²) in [4.78, 5) is 30.1. The summed E-state index contributed by atoms with van der Waals surface area (Å²) in [6, 6.07) is 35.3. The molecule has 2 aliphatic rings. The molecule has 43 heavy (non-hydrogen) atoms. The first-order valence-electron chi connectivity index (χ1n) is 14.6. The van der Waals surface area contributed by atoms with Gasteiger partial charge in [-0.2, -0.15) is 0 Å². The highest BCUT2D eigenvalue weighted by atomic mass is 32.2. The molecule has 2 heterocycles. The first-order chi connectivity index (χ1) is 20.8. The van der Waals surface area contributed by atoms with Gasteiger partial charge >= 0.3 is 0 Å². The number of β-lactam (4-membered cyclic amide) rings is 1. The number of benzene rings is 4. The highest BCUT2D eigenvalue weighted by Gasteiger charge is 2.57. The van der Waals surface area contributed by atoms with E-state index in [2.05, 4.69) is 0 Å². The number of nitrogens with zero attached hydrogens (tertiary/aromatic N) is 2. The van der Waals surface area contributed by atoms with Gasteiger partial charge in [-0.25, -0.2) is 0 Å². The molecule has 6 nitrogen and oxygen atoms in total. The van der Waals surface area contributed by atoms with Gasteiger partial charge in [-0.3, -0.25) is 9.59 Å². The van der Waals surface area contributed by atoms with E-state index in [4.69, 9.17) is 9.47 Å². The molecule has 0 aliphatic carbocycles. The maximum atomic E-state index is 14.0. The van der Waals surface area contributed by atoms with Gasteiger partial charge in [0.15, 0.2) is 4.93 Å². The number of aryl methyl sites for hydroxylation is 1. The van der Waals surface area contributed by atoms with Crippen molar-refractivity contribution in [2.45, 2.75) is 55.7 Å². The van der Waals surface area contributed by atoms with Crippen LogP contribution < -0.4 is 9.64 Å². The lowest BCUT2D eigenvalue weighted by Gasteiger charge is -2.52. The Bertz CT molecular complexity index is 1600. The molecule has 6 rings (SSSR count). The maximum Gasteiger partial charge on any atom is 0.265 e. The third-order valence-corrected chi connectivity index (χ3v) is 9.83. The summed E-state index contributed by atoms with van der Waals surface area (Å²) < 4.78 is 13.1. The summed E-state index contributed by atoms with van der Waals surface area (Å²) >= 11 is 1.30. The number of carbonyl (C=O) groups excluding carboxylic acids is 2. The Balaban J connectivity index is 1.36. The zero-order valence-corrected chi connectivity index (χ0v) is 25.7. The van der Waals surface area contributed by atoms with E-state index in [1.807, 2.05) is 135 Å². The molecule has 2 amide bonds. The van der Waals surface area contributed by atoms with Crippen LogP contribution in [0.5, 0.6) is 5.75 Å². The van der Waals surface area contributed by atoms with Crippen LogP contribution in [0.1, 0.15) is 48.2 Å². The van der Waals surface area contributed by atoms with Crippen molar-refractivity contribution < 1.29 is 19.1 Å². The Morgan fingerprint density at radius 2 is 1.51 bits per heavy atom. The molecule has 2 aliphatic heterocycles. The van der Waals surface area contributed by atoms with Crippen molar-refractivity contribution in [1.29, 1.82) is 0 Å². The van der Waals surface area contributed by atoms with Crippen LogP contribution in [0.15, 0.2) is 109 Å². The Morgan fingerprint density at radius 3 is 2.19 bits per heavy atom. The second-order valence-electron chi connectivity index (χ2n) is 11.4. The number of para-hydroxylation sites is 1. The van der Waals surface area contributed by atoms with Gasteiger partial charge in [0.1, 0.15) is 23.7 Å². The number of hydrogen-bond acceptors (Lipinski definition) is 5. The first kappa shape index (κ1) is 29.0. The Morgan fingerprint density at radius 1 is 0.884 bits per heavy atom. The van der Waals surface area contributed by atoms with Crippen LogP contribution in [0.4, 0.5) is 5.69 Å². The second-order valence-corrected chi connectivity index (χ2v) is 12.9. The molecule has 0 radical (unpaired) electrons. The van der Waals surface area contributed by atoms with Gasteiger partial charge in [0.2, 0.25) is 5.91 Å². The number of morpholine rings is 1. The molecule has 0 spiro atoms. The average Bonchev–Trinajstić information content (AvgIpc) is 3.04. The highest BCUT2D eigenvalue weighted by Crippen LogP contribution is 2.53. The van der Waals surface area contributed by atoms with Crippen molar-refractivity contribution in [1.82, 2.24) is 4.90 Å². The quantitative estimate of drug-likeness (QED) is 0.204. The number of rotatable bonds is 8. The number of amides is 2. The predicted molar refractivity (Wildman–Crippen MR) is 171 cm³/mol. The Kier molecular flexibility index (Phi) is 8.03. The molecule has 2 saturated heterocycles. The van der Waals surface area contributed by atoms with Gasteiger partial charge in [-0.05, 0) is 55.7 Å². The lowest BCUT2D eigenvalue weighted by atomic mass is 9.91. The SMILES string of the molecule is Cc1ccc([C@@H]2[C@H](S[C@@]3(C)O[C@H](c4ccccc4)[C@H](C)N(C)C3=O)C(=O)N2c2ccccc2)c(OCc2ccccc2)c1. The monoisotopic (exact) mass is 592 g/mol. The van der Waals surface area contributed by atoms with E-state index >= 15 is 0 Å². The summed E-state index contributed by atoms with van der Waals surface area (Å²) in [5.41, 5.74) is 4.82. The topological polar surface area (TPSA) is 59.1 Å². The lowest BCUT2D eigenvalue weighted by molar-refractivity contribution is -0.173. The van der Waals surface area contributed by atoms with Gasteiger partial charge < -0.3 is 19.3 Å². The third-order valence-electron chi connectivity index (χ3n) is 8.39. The second kappa shape index (κ2) is 11.9. The van der Waals surface area contributed by atoms with Gasteiger partial charge in [0.05, 0.1) is 12.1 Å². The van der Waals surface area contributed by atoms with Crippen molar-refractivity contribution in [3.63, 3.8) is 0 Å². The first-order valence-corrected chi connectivity index (χ1v) is 15.5. The van der Waals surface area contributed by atoms with Crippen LogP contribution in [0, 0.1) is 6.92 Å². The van der Waals surface area contributed by atoms with E-state index < -0.39 is 10.2 Å². The van der Waals surface area contributed by atoms with Crippen molar-refractivity contribution >= 4 is 29.3 Å². The van der Waals surface area contributed by atoms with Crippen LogP contribution >= 0.6 is 11.8 Å². The van der Waals surface area contributed by atoms with Crippen LogP contribution in [-0.4, -0.2) is 40.0 Å². The largest absolute Gasteiger partial charge is 0.489 e. The van der Waals surface area contributed by atoms with Crippen LogP contribution in [0.2, 0.25) is 0 Å². The van der Waals surface area contributed by atoms with E-state index in [0.717, 1.165) is 33.7 Å². The number of ether oxygens (including phenoxy) is 2. The molecule has 5 atom stereocenters. The molecule has 220 valence electrons. The third kappa shape index (κ3) is 5.55. The normalized spacial score (nSPS) is 25.4. The summed E-state index contributed by atoms with van der Waals surface area (Å²) in [7, 11) is 1.82. The fraction of sp³-hybridized carbons (Fsp3) is 0.278. The van der Waals surface area contributed by atoms with E-state index in [-0.39, 0.29) is 30.0 Å². The molecule has 2 fully saturated rings. The number of hydrogen-bond donors (Lipinski definition) is 0. The van der Waals surface area contributed by atoms with Crippen molar-refractivity contribution in [3.05, 3.63) is 131 Å². The molecule has 0 bridgehead atoms. The van der Waals surface area contributed by atoms with E-state index in [1.165, 1.54) is 11.8 Å². The van der Waals surface area contributed by atoms with Crippen LogP contribution in [0.25, 0.3) is 0 Å². The zero-order chi connectivity index (χ0) is 30.1. The Labute approximate surface area is 257 Å². The molecule has 0 unspecified atom stereocenters. The molecule has 4 aromatic carbocycles. The number of anilines is 1. The predicted octanol–water partition coefficient (Wildman–Crippen LogP) is 7.10. The zero-order valence-electron chi connectivity index (χ0n) is 24.8. The number of carbonyl (C=O) groups is 2. The van der Waals surface area contributed by atoms with Crippen molar-refractivity contribution in [3.8, 4) is 5.75 Å². The summed E-state index contributed by atoms with van der Waals surface area (Å²) in [5.74, 6) is 0.513. The standard InChI is InChI=1S/C36H36N2O4S/c1-24-20-21-29(30(22-24)41-23-26-14-8-5-9-15-26)31-33(34(39)38(31)28-18-12-7-13-19-28)43-36(3)35(40)37(4)25(2)32(42-36)27-16-10-6-11-17-27/h5-22,25,31-33H,23H2,1-4H3/t25-,31+,32-,33-,36+/m0/s1. The van der Waals surface area contributed by atoms with Gasteiger partial charge in [-0.15, -0.1) is 11.8 Å². The minimum absolute atomic E-state index is 0.0639. The summed E-state index contributed by atoms with van der Waals surface area (Å²) in [6.07, 6.45) is -0.329. The fourth-order valence-corrected chi connectivity index (χ4v) is 7.41. The highest BCUT2D eigenvalue weighted by molar-refractivity contribution is 8.02. The van der Waals surface area contributed by atoms with Gasteiger partial charge in [0, 0.05) is 18.3 Å². The number of likely N-dealkylation sites (N-methyl/N-ethyl adjacent to an activating group) is 1. The Hall–Kier alpha value is -4.07. The lowest BCUT2D eigenvalue weighted by Crippen LogP contribution is -2.62. The van der Waals surface area contributed by atoms with Gasteiger partial charge in [0.25, 0.3) is 5.91 Å². The average molecular weight is 593 g/mol. The molecule has 0 aromatic heterocycles. The van der Waals surface area contributed by atoms with Crippen molar-refractivity contribution in [2.24, 2.45) is 0 Å². The molecular weight excluding hydrogens is 556 g/mol.